The van der Waals surface area contributed by atoms with Crippen LogP contribution in [0.2, 0.25) is 0 Å². The lowest BCUT2D eigenvalue weighted by Crippen LogP contribution is -2.06. The van der Waals surface area contributed by atoms with Gasteiger partial charge in [0.05, 0.1) is 0 Å². The SMILES string of the molecule is CCc1c[nH]c(=S)n1CC1CC1(C)C. The number of hydrogen-bond acceptors (Lipinski definition) is 1. The molecule has 0 saturated heterocycles. The summed E-state index contributed by atoms with van der Waals surface area (Å²) in [5, 5.41) is 0. The van der Waals surface area contributed by atoms with Gasteiger partial charge in [-0.05, 0) is 36.4 Å². The van der Waals surface area contributed by atoms with E-state index >= 15 is 0 Å². The van der Waals surface area contributed by atoms with Crippen LogP contribution in [-0.2, 0) is 13.0 Å². The van der Waals surface area contributed by atoms with E-state index in [1.54, 1.807) is 0 Å². The summed E-state index contributed by atoms with van der Waals surface area (Å²) in [5.41, 5.74) is 1.87. The Morgan fingerprint density at radius 2 is 2.29 bits per heavy atom. The Morgan fingerprint density at radius 3 is 2.79 bits per heavy atom. The predicted molar refractivity (Wildman–Crippen MR) is 60.9 cm³/mol. The third-order valence-electron chi connectivity index (χ3n) is 3.44. The number of aryl methyl sites for hydroxylation is 1. The van der Waals surface area contributed by atoms with Crippen molar-refractivity contribution in [3.63, 3.8) is 0 Å². The van der Waals surface area contributed by atoms with Crippen LogP contribution in [0.15, 0.2) is 6.20 Å². The van der Waals surface area contributed by atoms with Crippen LogP contribution in [0.4, 0.5) is 0 Å². The van der Waals surface area contributed by atoms with E-state index in [9.17, 15) is 0 Å². The summed E-state index contributed by atoms with van der Waals surface area (Å²) in [6, 6.07) is 0. The second kappa shape index (κ2) is 3.23. The molecule has 0 amide bonds. The van der Waals surface area contributed by atoms with Crippen molar-refractivity contribution in [1.29, 1.82) is 0 Å². The molecule has 0 aliphatic heterocycles. The van der Waals surface area contributed by atoms with Crippen molar-refractivity contribution in [2.45, 2.75) is 40.2 Å². The van der Waals surface area contributed by atoms with Crippen molar-refractivity contribution >= 4 is 12.2 Å². The van der Waals surface area contributed by atoms with Crippen molar-refractivity contribution in [3.05, 3.63) is 16.7 Å². The van der Waals surface area contributed by atoms with Gasteiger partial charge in [-0.2, -0.15) is 0 Å². The highest BCUT2D eigenvalue weighted by Crippen LogP contribution is 2.52. The zero-order chi connectivity index (χ0) is 10.3. The van der Waals surface area contributed by atoms with Gasteiger partial charge >= 0.3 is 0 Å². The summed E-state index contributed by atoms with van der Waals surface area (Å²) in [6.45, 7) is 7.93. The van der Waals surface area contributed by atoms with E-state index in [-0.39, 0.29) is 0 Å². The summed E-state index contributed by atoms with van der Waals surface area (Å²) < 4.78 is 3.14. The second-order valence-corrected chi connectivity index (χ2v) is 5.33. The first-order valence-electron chi connectivity index (χ1n) is 5.31. The van der Waals surface area contributed by atoms with E-state index < -0.39 is 0 Å². The van der Waals surface area contributed by atoms with Crippen molar-refractivity contribution < 1.29 is 0 Å². The van der Waals surface area contributed by atoms with E-state index in [0.717, 1.165) is 23.7 Å². The fourth-order valence-electron chi connectivity index (χ4n) is 2.03. The largest absolute Gasteiger partial charge is 0.337 e. The molecule has 1 aliphatic carbocycles. The lowest BCUT2D eigenvalue weighted by Gasteiger charge is -2.07. The van der Waals surface area contributed by atoms with Gasteiger partial charge < -0.3 is 9.55 Å². The standard InChI is InChI=1S/C11H18N2S/c1-4-9-6-12-10(14)13(9)7-8-5-11(8,2)3/h6,8H,4-5,7H2,1-3H3,(H,12,14). The summed E-state index contributed by atoms with van der Waals surface area (Å²) in [5.74, 6) is 0.815. The topological polar surface area (TPSA) is 20.7 Å². The van der Waals surface area contributed by atoms with E-state index in [4.69, 9.17) is 12.2 Å². The number of imidazole rings is 1. The van der Waals surface area contributed by atoms with Crippen molar-refractivity contribution in [2.75, 3.05) is 0 Å². The molecule has 1 N–H and O–H groups in total. The van der Waals surface area contributed by atoms with E-state index in [1.807, 2.05) is 6.20 Å². The van der Waals surface area contributed by atoms with Crippen molar-refractivity contribution in [2.24, 2.45) is 11.3 Å². The molecule has 0 bridgehead atoms. The molecule has 0 aromatic carbocycles. The third-order valence-corrected chi connectivity index (χ3v) is 3.78. The molecule has 3 heteroatoms. The Morgan fingerprint density at radius 1 is 1.64 bits per heavy atom. The molecule has 1 atom stereocenters. The number of aromatic nitrogens is 2. The summed E-state index contributed by atoms with van der Waals surface area (Å²) in [4.78, 5) is 3.13. The lowest BCUT2D eigenvalue weighted by molar-refractivity contribution is 0.488. The number of nitrogens with one attached hydrogen (secondary N) is 1. The molecule has 1 saturated carbocycles. The quantitative estimate of drug-likeness (QED) is 0.760. The fourth-order valence-corrected chi connectivity index (χ4v) is 2.28. The first kappa shape index (κ1) is 9.97. The number of aromatic amines is 1. The van der Waals surface area contributed by atoms with Crippen molar-refractivity contribution in [3.8, 4) is 0 Å². The van der Waals surface area contributed by atoms with Gasteiger partial charge in [0.2, 0.25) is 0 Å². The zero-order valence-electron chi connectivity index (χ0n) is 9.13. The predicted octanol–water partition coefficient (Wildman–Crippen LogP) is 3.15. The Hall–Kier alpha value is -0.570. The maximum Gasteiger partial charge on any atom is 0.177 e. The fraction of sp³-hybridized carbons (Fsp3) is 0.727. The maximum absolute atomic E-state index is 5.27. The molecular weight excluding hydrogens is 192 g/mol. The molecule has 1 aliphatic rings. The molecule has 78 valence electrons. The maximum atomic E-state index is 5.27. The highest BCUT2D eigenvalue weighted by molar-refractivity contribution is 7.71. The van der Waals surface area contributed by atoms with E-state index in [1.165, 1.54) is 12.1 Å². The molecule has 1 fully saturated rings. The number of nitrogens with zero attached hydrogens (tertiary/aromatic N) is 1. The molecule has 14 heavy (non-hydrogen) atoms. The van der Waals surface area contributed by atoms with Crippen LogP contribution in [0.3, 0.4) is 0 Å². The van der Waals surface area contributed by atoms with Crippen LogP contribution in [0, 0.1) is 16.1 Å². The molecule has 1 heterocycles. The van der Waals surface area contributed by atoms with Gasteiger partial charge in [0.1, 0.15) is 0 Å². The molecule has 1 aromatic rings. The minimum Gasteiger partial charge on any atom is -0.337 e. The molecule has 1 unspecified atom stereocenters. The smallest absolute Gasteiger partial charge is 0.177 e. The van der Waals surface area contributed by atoms with Gasteiger partial charge in [-0.15, -0.1) is 0 Å². The van der Waals surface area contributed by atoms with Crippen molar-refractivity contribution in [1.82, 2.24) is 9.55 Å². The highest BCUT2D eigenvalue weighted by atomic mass is 32.1. The first-order valence-corrected chi connectivity index (χ1v) is 5.72. The Kier molecular flexibility index (Phi) is 2.30. The molecule has 2 rings (SSSR count). The van der Waals surface area contributed by atoms with Gasteiger partial charge in [-0.25, -0.2) is 0 Å². The van der Waals surface area contributed by atoms with E-state index in [0.29, 0.717) is 5.41 Å². The summed E-state index contributed by atoms with van der Waals surface area (Å²) in [7, 11) is 0. The number of H-pyrrole nitrogens is 1. The van der Waals surface area contributed by atoms with Gasteiger partial charge in [0, 0.05) is 18.4 Å². The average molecular weight is 210 g/mol. The first-order chi connectivity index (χ1) is 6.54. The molecule has 0 radical (unpaired) electrons. The molecule has 1 aromatic heterocycles. The van der Waals surface area contributed by atoms with Gasteiger partial charge in [-0.1, -0.05) is 20.8 Å². The van der Waals surface area contributed by atoms with Gasteiger partial charge in [-0.3, -0.25) is 0 Å². The number of rotatable bonds is 3. The van der Waals surface area contributed by atoms with Crippen LogP contribution in [0.25, 0.3) is 0 Å². The van der Waals surface area contributed by atoms with Crippen LogP contribution in [0.5, 0.6) is 0 Å². The zero-order valence-corrected chi connectivity index (χ0v) is 9.95. The van der Waals surface area contributed by atoms with Crippen LogP contribution >= 0.6 is 12.2 Å². The second-order valence-electron chi connectivity index (χ2n) is 4.94. The van der Waals surface area contributed by atoms with Crippen LogP contribution in [0.1, 0.15) is 32.9 Å². The third kappa shape index (κ3) is 1.65. The lowest BCUT2D eigenvalue weighted by atomic mass is 10.1. The summed E-state index contributed by atoms with van der Waals surface area (Å²) in [6.07, 6.45) is 4.43. The number of hydrogen-bond donors (Lipinski definition) is 1. The Bertz CT molecular complexity index is 386. The minimum atomic E-state index is 0.539. The molecular formula is C11H18N2S. The van der Waals surface area contributed by atoms with E-state index in [2.05, 4.69) is 30.3 Å². The average Bonchev–Trinajstić information content (AvgIpc) is 2.54. The highest BCUT2D eigenvalue weighted by Gasteiger charge is 2.45. The van der Waals surface area contributed by atoms with Crippen LogP contribution < -0.4 is 0 Å². The normalized spacial score (nSPS) is 23.8. The van der Waals surface area contributed by atoms with Crippen LogP contribution in [-0.4, -0.2) is 9.55 Å². The minimum absolute atomic E-state index is 0.539. The Balaban J connectivity index is 2.17. The Labute approximate surface area is 90.3 Å². The molecule has 2 nitrogen and oxygen atoms in total. The van der Waals surface area contributed by atoms with Gasteiger partial charge in [0.25, 0.3) is 0 Å². The monoisotopic (exact) mass is 210 g/mol. The molecule has 0 spiro atoms. The van der Waals surface area contributed by atoms with Gasteiger partial charge in [0.15, 0.2) is 4.77 Å². The summed E-state index contributed by atoms with van der Waals surface area (Å²) >= 11 is 5.27.